The van der Waals surface area contributed by atoms with Crippen molar-refractivity contribution in [3.63, 3.8) is 0 Å². The monoisotopic (exact) mass is 334 g/mol. The molecule has 5 nitrogen and oxygen atoms in total. The second-order valence-electron chi connectivity index (χ2n) is 3.82. The minimum atomic E-state index is -3.32. The van der Waals surface area contributed by atoms with Crippen molar-refractivity contribution in [2.45, 2.75) is 18.2 Å². The number of hydrogen-bond acceptors (Lipinski definition) is 3. The van der Waals surface area contributed by atoms with Gasteiger partial charge in [0.1, 0.15) is 0 Å². The SMILES string of the molecule is CCC(Br)C(=O)Nc1cccc(NS(C)(=O)=O)c1. The lowest BCUT2D eigenvalue weighted by Gasteiger charge is -2.10. The Bertz CT molecular complexity index is 531. The fourth-order valence-corrected chi connectivity index (χ4v) is 1.95. The lowest BCUT2D eigenvalue weighted by molar-refractivity contribution is -0.115. The molecule has 0 aliphatic carbocycles. The molecular weight excluding hydrogens is 320 g/mol. The number of anilines is 2. The van der Waals surface area contributed by atoms with Crippen LogP contribution in [0.1, 0.15) is 13.3 Å². The van der Waals surface area contributed by atoms with Gasteiger partial charge >= 0.3 is 0 Å². The molecule has 0 heterocycles. The van der Waals surface area contributed by atoms with Gasteiger partial charge in [0.05, 0.1) is 16.8 Å². The number of carbonyl (C=O) groups is 1. The number of nitrogens with one attached hydrogen (secondary N) is 2. The molecule has 0 saturated carbocycles. The van der Waals surface area contributed by atoms with Gasteiger partial charge in [-0.15, -0.1) is 0 Å². The third-order valence-electron chi connectivity index (χ3n) is 2.08. The first-order valence-electron chi connectivity index (χ1n) is 5.34. The lowest BCUT2D eigenvalue weighted by atomic mass is 10.2. The number of amides is 1. The standard InChI is InChI=1S/C11H15BrN2O3S/c1-3-10(12)11(15)13-8-5-4-6-9(7-8)14-18(2,16)17/h4-7,10,14H,3H2,1-2H3,(H,13,15). The van der Waals surface area contributed by atoms with Crippen LogP contribution in [0.5, 0.6) is 0 Å². The molecule has 0 aliphatic heterocycles. The Labute approximate surface area is 115 Å². The van der Waals surface area contributed by atoms with Crippen LogP contribution >= 0.6 is 15.9 Å². The highest BCUT2D eigenvalue weighted by Gasteiger charge is 2.12. The van der Waals surface area contributed by atoms with Crippen molar-refractivity contribution in [3.05, 3.63) is 24.3 Å². The van der Waals surface area contributed by atoms with Crippen LogP contribution in [0.3, 0.4) is 0 Å². The van der Waals surface area contributed by atoms with Gasteiger partial charge in [-0.1, -0.05) is 28.9 Å². The Morgan fingerprint density at radius 3 is 2.56 bits per heavy atom. The largest absolute Gasteiger partial charge is 0.325 e. The summed E-state index contributed by atoms with van der Waals surface area (Å²) in [4.78, 5) is 11.4. The Morgan fingerprint density at radius 2 is 2.00 bits per heavy atom. The molecule has 0 saturated heterocycles. The molecule has 100 valence electrons. The molecule has 0 radical (unpaired) electrons. The summed E-state index contributed by atoms with van der Waals surface area (Å²) in [5.41, 5.74) is 0.962. The minimum Gasteiger partial charge on any atom is -0.325 e. The van der Waals surface area contributed by atoms with Crippen molar-refractivity contribution in [2.24, 2.45) is 0 Å². The molecule has 0 fully saturated rings. The van der Waals surface area contributed by atoms with Gasteiger partial charge in [-0.3, -0.25) is 9.52 Å². The summed E-state index contributed by atoms with van der Waals surface area (Å²) in [7, 11) is -3.32. The fraction of sp³-hybridized carbons (Fsp3) is 0.364. The van der Waals surface area contributed by atoms with Crippen LogP contribution in [0.2, 0.25) is 0 Å². The van der Waals surface area contributed by atoms with E-state index in [0.29, 0.717) is 17.8 Å². The summed E-state index contributed by atoms with van der Waals surface area (Å²) in [5, 5.41) is 2.70. The summed E-state index contributed by atoms with van der Waals surface area (Å²) in [5.74, 6) is -0.158. The average Bonchev–Trinajstić information content (AvgIpc) is 2.26. The van der Waals surface area contributed by atoms with E-state index in [1.807, 2.05) is 6.92 Å². The number of hydrogen-bond donors (Lipinski definition) is 2. The predicted octanol–water partition coefficient (Wildman–Crippen LogP) is 2.17. The van der Waals surface area contributed by atoms with E-state index in [2.05, 4.69) is 26.0 Å². The molecular formula is C11H15BrN2O3S. The third-order valence-corrected chi connectivity index (χ3v) is 3.75. The number of rotatable bonds is 5. The molecule has 0 aliphatic rings. The normalized spacial score (nSPS) is 12.8. The molecule has 0 bridgehead atoms. The Morgan fingerprint density at radius 1 is 1.39 bits per heavy atom. The Balaban J connectivity index is 2.80. The van der Waals surface area contributed by atoms with Crippen LogP contribution in [0.4, 0.5) is 11.4 Å². The molecule has 0 aromatic heterocycles. The molecule has 7 heteroatoms. The van der Waals surface area contributed by atoms with Crippen LogP contribution in [-0.4, -0.2) is 25.4 Å². The number of halogens is 1. The van der Waals surface area contributed by atoms with Crippen molar-refractivity contribution in [1.29, 1.82) is 0 Å². The first-order chi connectivity index (χ1) is 8.31. The van der Waals surface area contributed by atoms with Crippen LogP contribution in [-0.2, 0) is 14.8 Å². The minimum absolute atomic E-state index is 0.158. The average molecular weight is 335 g/mol. The summed E-state index contributed by atoms with van der Waals surface area (Å²) in [6.07, 6.45) is 1.75. The molecule has 0 spiro atoms. The zero-order chi connectivity index (χ0) is 13.8. The second kappa shape index (κ2) is 6.19. The molecule has 18 heavy (non-hydrogen) atoms. The van der Waals surface area contributed by atoms with Gasteiger partial charge < -0.3 is 5.32 Å². The fourth-order valence-electron chi connectivity index (χ4n) is 1.28. The van der Waals surface area contributed by atoms with Crippen LogP contribution in [0.25, 0.3) is 0 Å². The van der Waals surface area contributed by atoms with E-state index in [1.165, 1.54) is 0 Å². The zero-order valence-electron chi connectivity index (χ0n) is 10.1. The highest BCUT2D eigenvalue weighted by atomic mass is 79.9. The number of carbonyl (C=O) groups excluding carboxylic acids is 1. The smallest absolute Gasteiger partial charge is 0.238 e. The van der Waals surface area contributed by atoms with E-state index in [-0.39, 0.29) is 10.7 Å². The number of benzene rings is 1. The van der Waals surface area contributed by atoms with Crippen molar-refractivity contribution in [2.75, 3.05) is 16.3 Å². The van der Waals surface area contributed by atoms with Crippen molar-refractivity contribution >= 4 is 43.2 Å². The molecule has 2 N–H and O–H groups in total. The molecule has 1 atom stereocenters. The van der Waals surface area contributed by atoms with Crippen LogP contribution in [0.15, 0.2) is 24.3 Å². The predicted molar refractivity (Wildman–Crippen MR) is 76.5 cm³/mol. The maximum atomic E-state index is 11.6. The molecule has 1 aromatic rings. The second-order valence-corrected chi connectivity index (χ2v) is 6.67. The van der Waals surface area contributed by atoms with Crippen LogP contribution in [0, 0.1) is 0 Å². The zero-order valence-corrected chi connectivity index (χ0v) is 12.5. The van der Waals surface area contributed by atoms with E-state index in [4.69, 9.17) is 0 Å². The van der Waals surface area contributed by atoms with Crippen LogP contribution < -0.4 is 10.0 Å². The van der Waals surface area contributed by atoms with Crippen molar-refractivity contribution in [3.8, 4) is 0 Å². The number of alkyl halides is 1. The Kier molecular flexibility index (Phi) is 5.15. The highest BCUT2D eigenvalue weighted by Crippen LogP contribution is 2.17. The summed E-state index contributed by atoms with van der Waals surface area (Å²) < 4.78 is 24.5. The molecule has 1 amide bonds. The van der Waals surface area contributed by atoms with E-state index in [9.17, 15) is 13.2 Å². The van der Waals surface area contributed by atoms with Gasteiger partial charge in [0.2, 0.25) is 15.9 Å². The maximum Gasteiger partial charge on any atom is 0.238 e. The summed E-state index contributed by atoms with van der Waals surface area (Å²) in [6, 6.07) is 6.54. The van der Waals surface area contributed by atoms with Gasteiger partial charge in [-0.05, 0) is 24.6 Å². The first-order valence-corrected chi connectivity index (χ1v) is 8.15. The van der Waals surface area contributed by atoms with Gasteiger partial charge in [-0.2, -0.15) is 0 Å². The topological polar surface area (TPSA) is 75.3 Å². The highest BCUT2D eigenvalue weighted by molar-refractivity contribution is 9.10. The third kappa shape index (κ3) is 5.05. The van der Waals surface area contributed by atoms with Gasteiger partial charge in [0.25, 0.3) is 0 Å². The van der Waals surface area contributed by atoms with E-state index in [1.54, 1.807) is 24.3 Å². The van der Waals surface area contributed by atoms with E-state index >= 15 is 0 Å². The van der Waals surface area contributed by atoms with E-state index < -0.39 is 10.0 Å². The maximum absolute atomic E-state index is 11.6. The van der Waals surface area contributed by atoms with Gasteiger partial charge in [0.15, 0.2) is 0 Å². The molecule has 1 aromatic carbocycles. The first kappa shape index (κ1) is 15.0. The number of sulfonamides is 1. The summed E-state index contributed by atoms with van der Waals surface area (Å²) in [6.45, 7) is 1.89. The quantitative estimate of drug-likeness (QED) is 0.810. The van der Waals surface area contributed by atoms with Crippen molar-refractivity contribution in [1.82, 2.24) is 0 Å². The lowest BCUT2D eigenvalue weighted by Crippen LogP contribution is -2.22. The molecule has 1 rings (SSSR count). The van der Waals surface area contributed by atoms with Crippen molar-refractivity contribution < 1.29 is 13.2 Å². The molecule has 1 unspecified atom stereocenters. The summed E-state index contributed by atoms with van der Waals surface area (Å²) >= 11 is 3.24. The van der Waals surface area contributed by atoms with Gasteiger partial charge in [0, 0.05) is 5.69 Å². The van der Waals surface area contributed by atoms with Gasteiger partial charge in [-0.25, -0.2) is 8.42 Å². The Hall–Kier alpha value is -1.08. The van der Waals surface area contributed by atoms with E-state index in [0.717, 1.165) is 6.26 Å².